The van der Waals surface area contributed by atoms with Gasteiger partial charge in [-0.05, 0) is 31.6 Å². The first-order valence-electron chi connectivity index (χ1n) is 5.97. The first-order chi connectivity index (χ1) is 9.06. The molecule has 0 bridgehead atoms. The van der Waals surface area contributed by atoms with Gasteiger partial charge in [0.2, 0.25) is 5.82 Å². The van der Waals surface area contributed by atoms with Crippen molar-refractivity contribution in [2.24, 2.45) is 0 Å². The van der Waals surface area contributed by atoms with E-state index < -0.39 is 4.92 Å². The van der Waals surface area contributed by atoms with Crippen molar-refractivity contribution in [1.82, 2.24) is 4.98 Å². The third-order valence-electron chi connectivity index (χ3n) is 3.16. The number of nitro groups is 1. The summed E-state index contributed by atoms with van der Waals surface area (Å²) in [7, 11) is 0. The molecule has 1 atom stereocenters. The molecular weight excluding hydrogens is 264 g/mol. The van der Waals surface area contributed by atoms with E-state index in [1.165, 1.54) is 12.3 Å². The molecule has 0 saturated carbocycles. The van der Waals surface area contributed by atoms with Gasteiger partial charge in [-0.25, -0.2) is 4.98 Å². The predicted molar refractivity (Wildman–Crippen MR) is 74.2 cm³/mol. The van der Waals surface area contributed by atoms with Gasteiger partial charge in [0.05, 0.1) is 4.92 Å². The summed E-state index contributed by atoms with van der Waals surface area (Å²) < 4.78 is 0.0815. The van der Waals surface area contributed by atoms with Crippen LogP contribution in [0.3, 0.4) is 0 Å². The molecule has 7 heteroatoms. The van der Waals surface area contributed by atoms with Gasteiger partial charge in [0.25, 0.3) is 0 Å². The average Bonchev–Trinajstić information content (AvgIpc) is 2.83. The van der Waals surface area contributed by atoms with Gasteiger partial charge in [-0.15, -0.1) is 0 Å². The van der Waals surface area contributed by atoms with Crippen LogP contribution in [0.1, 0.15) is 25.3 Å². The summed E-state index contributed by atoms with van der Waals surface area (Å²) in [5.41, 5.74) is -0.205. The quantitative estimate of drug-likeness (QED) is 0.672. The summed E-state index contributed by atoms with van der Waals surface area (Å²) in [6.07, 6.45) is 3.66. The summed E-state index contributed by atoms with van der Waals surface area (Å²) in [6, 6.07) is 3.18. The number of aromatic nitrogens is 1. The SMILES string of the molecule is CC1(CNc2nccc(C#N)c2[N+](=O)[O-])CCCS1. The highest BCUT2D eigenvalue weighted by Crippen LogP contribution is 2.38. The second-order valence-corrected chi connectivity index (χ2v) is 6.36. The van der Waals surface area contributed by atoms with Gasteiger partial charge in [0.1, 0.15) is 11.6 Å². The number of hydrogen-bond acceptors (Lipinski definition) is 6. The molecular formula is C12H14N4O2S. The summed E-state index contributed by atoms with van der Waals surface area (Å²) in [4.78, 5) is 14.5. The highest BCUT2D eigenvalue weighted by Gasteiger charge is 2.30. The predicted octanol–water partition coefficient (Wildman–Crippen LogP) is 2.56. The Balaban J connectivity index is 2.21. The van der Waals surface area contributed by atoms with Crippen molar-refractivity contribution in [3.8, 4) is 6.07 Å². The maximum Gasteiger partial charge on any atom is 0.328 e. The van der Waals surface area contributed by atoms with E-state index >= 15 is 0 Å². The van der Waals surface area contributed by atoms with E-state index in [0.29, 0.717) is 6.54 Å². The molecule has 6 nitrogen and oxygen atoms in total. The molecule has 1 unspecified atom stereocenters. The molecule has 100 valence electrons. The van der Waals surface area contributed by atoms with Gasteiger partial charge in [-0.3, -0.25) is 10.1 Å². The van der Waals surface area contributed by atoms with Crippen LogP contribution in [-0.2, 0) is 0 Å². The number of anilines is 1. The van der Waals surface area contributed by atoms with Crippen LogP contribution in [0, 0.1) is 21.4 Å². The molecule has 1 aliphatic rings. The minimum atomic E-state index is -0.558. The van der Waals surface area contributed by atoms with Crippen LogP contribution in [0.2, 0.25) is 0 Å². The smallest absolute Gasteiger partial charge is 0.328 e. The third kappa shape index (κ3) is 2.96. The lowest BCUT2D eigenvalue weighted by atomic mass is 10.1. The fraction of sp³-hybridized carbons (Fsp3) is 0.500. The van der Waals surface area contributed by atoms with E-state index in [4.69, 9.17) is 5.26 Å². The van der Waals surface area contributed by atoms with Gasteiger partial charge in [-0.1, -0.05) is 0 Å². The summed E-state index contributed by atoms with van der Waals surface area (Å²) >= 11 is 1.86. The molecule has 1 aromatic rings. The Hall–Kier alpha value is -1.81. The van der Waals surface area contributed by atoms with Crippen molar-refractivity contribution >= 4 is 23.3 Å². The Morgan fingerprint density at radius 1 is 1.74 bits per heavy atom. The Labute approximate surface area is 115 Å². The van der Waals surface area contributed by atoms with Crippen molar-refractivity contribution < 1.29 is 4.92 Å². The first kappa shape index (κ1) is 13.6. The molecule has 0 amide bonds. The molecule has 0 aromatic carbocycles. The number of nitriles is 1. The van der Waals surface area contributed by atoms with Crippen molar-refractivity contribution in [3.05, 3.63) is 27.9 Å². The number of thioether (sulfide) groups is 1. The van der Waals surface area contributed by atoms with E-state index in [9.17, 15) is 10.1 Å². The monoisotopic (exact) mass is 278 g/mol. The third-order valence-corrected chi connectivity index (χ3v) is 4.70. The lowest BCUT2D eigenvalue weighted by Crippen LogP contribution is -2.27. The molecule has 1 saturated heterocycles. The van der Waals surface area contributed by atoms with Gasteiger partial charge in [0, 0.05) is 17.5 Å². The second kappa shape index (κ2) is 5.45. The Bertz CT molecular complexity index is 535. The van der Waals surface area contributed by atoms with Crippen molar-refractivity contribution in [2.45, 2.75) is 24.5 Å². The van der Waals surface area contributed by atoms with E-state index in [1.54, 1.807) is 0 Å². The zero-order chi connectivity index (χ0) is 13.9. The van der Waals surface area contributed by atoms with Crippen LogP contribution >= 0.6 is 11.8 Å². The zero-order valence-corrected chi connectivity index (χ0v) is 11.4. The highest BCUT2D eigenvalue weighted by atomic mass is 32.2. The van der Waals surface area contributed by atoms with Crippen LogP contribution in [-0.4, -0.2) is 27.0 Å². The molecule has 1 N–H and O–H groups in total. The lowest BCUT2D eigenvalue weighted by Gasteiger charge is -2.23. The minimum Gasteiger partial charge on any atom is -0.363 e. The summed E-state index contributed by atoms with van der Waals surface area (Å²) in [5, 5.41) is 23.0. The van der Waals surface area contributed by atoms with Gasteiger partial charge < -0.3 is 5.32 Å². The molecule has 2 rings (SSSR count). The van der Waals surface area contributed by atoms with Gasteiger partial charge in [0.15, 0.2) is 0 Å². The molecule has 0 spiro atoms. The normalized spacial score (nSPS) is 21.9. The minimum absolute atomic E-state index is 0.0340. The van der Waals surface area contributed by atoms with Crippen molar-refractivity contribution in [2.75, 3.05) is 17.6 Å². The largest absolute Gasteiger partial charge is 0.363 e. The molecule has 19 heavy (non-hydrogen) atoms. The Morgan fingerprint density at radius 3 is 3.11 bits per heavy atom. The Morgan fingerprint density at radius 2 is 2.53 bits per heavy atom. The summed E-state index contributed by atoms with van der Waals surface area (Å²) in [6.45, 7) is 2.75. The molecule has 1 fully saturated rings. The fourth-order valence-electron chi connectivity index (χ4n) is 2.11. The molecule has 2 heterocycles. The van der Waals surface area contributed by atoms with Crippen LogP contribution in [0.4, 0.5) is 11.5 Å². The van der Waals surface area contributed by atoms with E-state index in [-0.39, 0.29) is 21.8 Å². The Kier molecular flexibility index (Phi) is 3.90. The maximum absolute atomic E-state index is 11.0. The van der Waals surface area contributed by atoms with E-state index in [1.807, 2.05) is 17.8 Å². The molecule has 0 aliphatic carbocycles. The van der Waals surface area contributed by atoms with Crippen LogP contribution < -0.4 is 5.32 Å². The number of rotatable bonds is 4. The number of nitrogens with one attached hydrogen (secondary N) is 1. The molecule has 1 aliphatic heterocycles. The number of pyridine rings is 1. The van der Waals surface area contributed by atoms with Gasteiger partial charge in [-0.2, -0.15) is 17.0 Å². The highest BCUT2D eigenvalue weighted by molar-refractivity contribution is 8.00. The number of hydrogen-bond donors (Lipinski definition) is 1. The fourth-order valence-corrected chi connectivity index (χ4v) is 3.35. The number of nitrogens with zero attached hydrogens (tertiary/aromatic N) is 3. The van der Waals surface area contributed by atoms with Crippen LogP contribution in [0.25, 0.3) is 0 Å². The lowest BCUT2D eigenvalue weighted by molar-refractivity contribution is -0.384. The van der Waals surface area contributed by atoms with Crippen molar-refractivity contribution in [1.29, 1.82) is 5.26 Å². The standard InChI is InChI=1S/C12H14N4O2S/c1-12(4-2-6-19-12)8-15-11-10(16(17)18)9(7-13)3-5-14-11/h3,5H,2,4,6,8H2,1H3,(H,14,15). The first-order valence-corrected chi connectivity index (χ1v) is 6.96. The van der Waals surface area contributed by atoms with Crippen molar-refractivity contribution in [3.63, 3.8) is 0 Å². The second-order valence-electron chi connectivity index (χ2n) is 4.68. The zero-order valence-electron chi connectivity index (χ0n) is 10.5. The molecule has 0 radical (unpaired) electrons. The topological polar surface area (TPSA) is 91.8 Å². The summed E-state index contributed by atoms with van der Waals surface area (Å²) in [5.74, 6) is 1.30. The van der Waals surface area contributed by atoms with Crippen LogP contribution in [0.5, 0.6) is 0 Å². The molecule has 1 aromatic heterocycles. The van der Waals surface area contributed by atoms with Crippen LogP contribution in [0.15, 0.2) is 12.3 Å². The average molecular weight is 278 g/mol. The maximum atomic E-state index is 11.0. The van der Waals surface area contributed by atoms with E-state index in [2.05, 4.69) is 17.2 Å². The van der Waals surface area contributed by atoms with E-state index in [0.717, 1.165) is 18.6 Å². The van der Waals surface area contributed by atoms with Gasteiger partial charge >= 0.3 is 5.69 Å².